The number of nitrogens with one attached hydrogen (secondary N) is 1. The van der Waals surface area contributed by atoms with Gasteiger partial charge < -0.3 is 19.9 Å². The van der Waals surface area contributed by atoms with Gasteiger partial charge in [-0.2, -0.15) is 0 Å². The number of carbonyl (C=O) groups excluding carboxylic acids is 1. The molecule has 37 heavy (non-hydrogen) atoms. The van der Waals surface area contributed by atoms with Gasteiger partial charge in [-0.05, 0) is 68.9 Å². The van der Waals surface area contributed by atoms with Crippen LogP contribution in [0.2, 0.25) is 5.02 Å². The van der Waals surface area contributed by atoms with Crippen molar-refractivity contribution in [1.82, 2.24) is 14.9 Å². The third-order valence-electron chi connectivity index (χ3n) is 6.39. The van der Waals surface area contributed by atoms with E-state index in [9.17, 15) is 4.79 Å². The number of ether oxygens (including phenoxy) is 1. The summed E-state index contributed by atoms with van der Waals surface area (Å²) in [4.78, 5) is 26.9. The van der Waals surface area contributed by atoms with Crippen molar-refractivity contribution in [3.8, 4) is 17.0 Å². The van der Waals surface area contributed by atoms with Crippen molar-refractivity contribution in [2.75, 3.05) is 50.6 Å². The fourth-order valence-electron chi connectivity index (χ4n) is 4.36. The summed E-state index contributed by atoms with van der Waals surface area (Å²) in [5, 5.41) is 3.67. The molecule has 0 spiro atoms. The molecule has 3 aromatic carbocycles. The highest BCUT2D eigenvalue weighted by Gasteiger charge is 2.21. The van der Waals surface area contributed by atoms with E-state index in [0.717, 1.165) is 54.9 Å². The molecule has 1 N–H and O–H groups in total. The zero-order valence-electron chi connectivity index (χ0n) is 21.1. The highest BCUT2D eigenvalue weighted by Crippen LogP contribution is 2.31. The Kier molecular flexibility index (Phi) is 7.53. The van der Waals surface area contributed by atoms with Crippen molar-refractivity contribution in [3.63, 3.8) is 0 Å². The number of hydrogen-bond acceptors (Lipinski definition) is 6. The average molecular weight is 516 g/mol. The summed E-state index contributed by atoms with van der Waals surface area (Å²) in [6.45, 7) is 3.20. The molecule has 4 aromatic rings. The second kappa shape index (κ2) is 11.2. The summed E-state index contributed by atoms with van der Waals surface area (Å²) in [7, 11) is 4.03. The predicted molar refractivity (Wildman–Crippen MR) is 150 cm³/mol. The lowest BCUT2D eigenvalue weighted by molar-refractivity contribution is 0.102. The van der Waals surface area contributed by atoms with Gasteiger partial charge in [0, 0.05) is 41.5 Å². The molecule has 0 radical (unpaired) electrons. The van der Waals surface area contributed by atoms with Crippen molar-refractivity contribution in [1.29, 1.82) is 0 Å². The van der Waals surface area contributed by atoms with Gasteiger partial charge in [-0.15, -0.1) is 0 Å². The minimum Gasteiger partial charge on any atom is -0.474 e. The van der Waals surface area contributed by atoms with E-state index < -0.39 is 0 Å². The molecule has 7 nitrogen and oxygen atoms in total. The second-order valence-electron chi connectivity index (χ2n) is 9.41. The normalized spacial score (nSPS) is 13.4. The molecule has 8 heteroatoms. The van der Waals surface area contributed by atoms with Crippen LogP contribution in [0, 0.1) is 0 Å². The highest BCUT2D eigenvalue weighted by atomic mass is 35.5. The number of rotatable bonds is 8. The van der Waals surface area contributed by atoms with E-state index in [2.05, 4.69) is 15.1 Å². The Hall–Kier alpha value is -3.68. The topological polar surface area (TPSA) is 70.6 Å². The van der Waals surface area contributed by atoms with Gasteiger partial charge in [0.2, 0.25) is 0 Å². The molecule has 1 aromatic heterocycles. The van der Waals surface area contributed by atoms with Gasteiger partial charge in [0.15, 0.2) is 5.82 Å². The third kappa shape index (κ3) is 5.84. The fraction of sp³-hybridized carbons (Fsp3) is 0.276. The van der Waals surface area contributed by atoms with E-state index >= 15 is 0 Å². The minimum absolute atomic E-state index is 0.193. The van der Waals surface area contributed by atoms with E-state index in [1.807, 2.05) is 68.7 Å². The minimum atomic E-state index is -0.193. The van der Waals surface area contributed by atoms with Crippen LogP contribution in [0.25, 0.3) is 22.2 Å². The first-order valence-electron chi connectivity index (χ1n) is 12.5. The molecule has 2 heterocycles. The fourth-order valence-corrected chi connectivity index (χ4v) is 4.61. The zero-order valence-corrected chi connectivity index (χ0v) is 21.8. The van der Waals surface area contributed by atoms with Crippen LogP contribution < -0.4 is 15.0 Å². The maximum Gasteiger partial charge on any atom is 0.258 e. The standard InChI is InChI=1S/C29H30ClN5O2/c1-34(2)17-18-37-29-27(35-15-5-6-16-35)32-26-19-22(13-14-25(26)33-29)31-28(36)21-11-9-20(10-12-21)23-7-3-4-8-24(23)30/h3-4,7-14,19H,5-6,15-18H2,1-2H3,(H,31,36). The van der Waals surface area contributed by atoms with E-state index in [4.69, 9.17) is 26.3 Å². The van der Waals surface area contributed by atoms with Gasteiger partial charge in [0.1, 0.15) is 6.61 Å². The lowest BCUT2D eigenvalue weighted by Gasteiger charge is -2.20. The lowest BCUT2D eigenvalue weighted by atomic mass is 10.0. The number of nitrogens with zero attached hydrogens (tertiary/aromatic N) is 4. The SMILES string of the molecule is CN(C)CCOc1nc2ccc(NC(=O)c3ccc(-c4ccccc4Cl)cc3)cc2nc1N1CCCC1. The molecular formula is C29H30ClN5O2. The van der Waals surface area contributed by atoms with Crippen LogP contribution in [0.15, 0.2) is 66.7 Å². The number of anilines is 2. The number of amides is 1. The highest BCUT2D eigenvalue weighted by molar-refractivity contribution is 6.33. The summed E-state index contributed by atoms with van der Waals surface area (Å²) < 4.78 is 6.04. The number of carbonyl (C=O) groups is 1. The maximum atomic E-state index is 13.0. The van der Waals surface area contributed by atoms with E-state index in [1.54, 1.807) is 12.1 Å². The Morgan fingerprint density at radius 1 is 1.00 bits per heavy atom. The predicted octanol–water partition coefficient (Wildman–Crippen LogP) is 5.74. The molecular weight excluding hydrogens is 486 g/mol. The first-order valence-corrected chi connectivity index (χ1v) is 12.9. The largest absolute Gasteiger partial charge is 0.474 e. The summed E-state index contributed by atoms with van der Waals surface area (Å²) >= 11 is 6.31. The molecule has 0 saturated carbocycles. The molecule has 5 rings (SSSR count). The van der Waals surface area contributed by atoms with Crippen LogP contribution in [-0.4, -0.2) is 61.1 Å². The summed E-state index contributed by atoms with van der Waals surface area (Å²) in [6.07, 6.45) is 2.25. The molecule has 0 unspecified atom stereocenters. The van der Waals surface area contributed by atoms with Gasteiger partial charge in [0.25, 0.3) is 11.8 Å². The number of aromatic nitrogens is 2. The third-order valence-corrected chi connectivity index (χ3v) is 6.72. The van der Waals surface area contributed by atoms with Gasteiger partial charge in [-0.3, -0.25) is 4.79 Å². The van der Waals surface area contributed by atoms with Crippen molar-refractivity contribution in [3.05, 3.63) is 77.3 Å². The van der Waals surface area contributed by atoms with E-state index in [-0.39, 0.29) is 5.91 Å². The first-order chi connectivity index (χ1) is 18.0. The van der Waals surface area contributed by atoms with Crippen LogP contribution in [0.5, 0.6) is 5.88 Å². The van der Waals surface area contributed by atoms with Crippen molar-refractivity contribution >= 4 is 40.0 Å². The van der Waals surface area contributed by atoms with Gasteiger partial charge in [0.05, 0.1) is 11.0 Å². The van der Waals surface area contributed by atoms with Gasteiger partial charge in [-0.25, -0.2) is 9.97 Å². The smallest absolute Gasteiger partial charge is 0.258 e. The first kappa shape index (κ1) is 25.0. The van der Waals surface area contributed by atoms with Crippen molar-refractivity contribution in [2.24, 2.45) is 0 Å². The second-order valence-corrected chi connectivity index (χ2v) is 9.82. The van der Waals surface area contributed by atoms with Crippen LogP contribution >= 0.6 is 11.6 Å². The number of benzene rings is 3. The molecule has 0 atom stereocenters. The van der Waals surface area contributed by atoms with Gasteiger partial charge in [-0.1, -0.05) is 41.9 Å². The average Bonchev–Trinajstić information content (AvgIpc) is 3.43. The Morgan fingerprint density at radius 3 is 2.49 bits per heavy atom. The zero-order chi connectivity index (χ0) is 25.8. The molecule has 1 aliphatic rings. The van der Waals surface area contributed by atoms with Crippen molar-refractivity contribution in [2.45, 2.75) is 12.8 Å². The molecule has 1 saturated heterocycles. The van der Waals surface area contributed by atoms with E-state index in [1.165, 1.54) is 0 Å². The molecule has 1 amide bonds. The quantitative estimate of drug-likeness (QED) is 0.322. The number of likely N-dealkylation sites (N-methyl/N-ethyl adjacent to an activating group) is 1. The Labute approximate surface area is 222 Å². The van der Waals surface area contributed by atoms with Crippen LogP contribution in [0.1, 0.15) is 23.2 Å². The monoisotopic (exact) mass is 515 g/mol. The summed E-state index contributed by atoms with van der Waals surface area (Å²) in [5.41, 5.74) is 4.56. The molecule has 0 aliphatic carbocycles. The Bertz CT molecular complexity index is 1400. The maximum absolute atomic E-state index is 13.0. The van der Waals surface area contributed by atoms with Crippen LogP contribution in [0.4, 0.5) is 11.5 Å². The van der Waals surface area contributed by atoms with Gasteiger partial charge >= 0.3 is 0 Å². The lowest BCUT2D eigenvalue weighted by Crippen LogP contribution is -2.23. The molecule has 0 bridgehead atoms. The van der Waals surface area contributed by atoms with Crippen LogP contribution in [0.3, 0.4) is 0 Å². The number of fused-ring (bicyclic) bond motifs is 1. The molecule has 190 valence electrons. The molecule has 1 fully saturated rings. The summed E-state index contributed by atoms with van der Waals surface area (Å²) in [6, 6.07) is 20.6. The van der Waals surface area contributed by atoms with E-state index in [0.29, 0.717) is 34.3 Å². The molecule has 1 aliphatic heterocycles. The van der Waals surface area contributed by atoms with Crippen molar-refractivity contribution < 1.29 is 9.53 Å². The Balaban J connectivity index is 1.36. The Morgan fingerprint density at radius 2 is 1.76 bits per heavy atom. The summed E-state index contributed by atoms with van der Waals surface area (Å²) in [5.74, 6) is 1.13. The number of hydrogen-bond donors (Lipinski definition) is 1. The number of halogens is 1. The van der Waals surface area contributed by atoms with Crippen LogP contribution in [-0.2, 0) is 0 Å².